The van der Waals surface area contributed by atoms with E-state index in [-0.39, 0.29) is 17.3 Å². The average Bonchev–Trinajstić information content (AvgIpc) is 3.27. The van der Waals surface area contributed by atoms with E-state index in [1.165, 1.54) is 0 Å². The molecule has 7 nitrogen and oxygen atoms in total. The van der Waals surface area contributed by atoms with Gasteiger partial charge in [-0.15, -0.1) is 0 Å². The van der Waals surface area contributed by atoms with Gasteiger partial charge in [-0.3, -0.25) is 19.3 Å². The molecule has 0 radical (unpaired) electrons. The van der Waals surface area contributed by atoms with E-state index in [0.29, 0.717) is 24.2 Å². The summed E-state index contributed by atoms with van der Waals surface area (Å²) in [7, 11) is 0. The summed E-state index contributed by atoms with van der Waals surface area (Å²) in [6, 6.07) is 5.99. The minimum Gasteiger partial charge on any atom is -0.381 e. The molecule has 2 heterocycles. The lowest BCUT2D eigenvalue weighted by Crippen LogP contribution is -2.57. The molecule has 1 saturated heterocycles. The molecule has 37 heavy (non-hydrogen) atoms. The van der Waals surface area contributed by atoms with Gasteiger partial charge in [0.1, 0.15) is 17.7 Å². The normalized spacial score (nSPS) is 40.0. The molecule has 1 aromatic rings. The number of fused-ring (bicyclic) bond motifs is 5. The zero-order valence-electron chi connectivity index (χ0n) is 22.1. The molecule has 7 heteroatoms. The van der Waals surface area contributed by atoms with Crippen molar-refractivity contribution in [2.24, 2.45) is 34.5 Å². The van der Waals surface area contributed by atoms with Crippen LogP contribution >= 0.6 is 0 Å². The molecule has 0 spiro atoms. The minimum atomic E-state index is -1.28. The summed E-state index contributed by atoms with van der Waals surface area (Å²) >= 11 is 0. The van der Waals surface area contributed by atoms with Crippen LogP contribution in [0.5, 0.6) is 0 Å². The molecule has 5 aliphatic rings. The number of piperazine rings is 1. The number of hydrogen-bond donors (Lipinski definition) is 1. The van der Waals surface area contributed by atoms with Crippen molar-refractivity contribution in [1.29, 1.82) is 0 Å². The predicted molar refractivity (Wildman–Crippen MR) is 140 cm³/mol. The third-order valence-electron chi connectivity index (χ3n) is 11.0. The smallest absolute Gasteiger partial charge is 0.231 e. The Morgan fingerprint density at radius 3 is 2.57 bits per heavy atom. The number of carbonyl (C=O) groups excluding carboxylic acids is 3. The number of Topliss-reactive ketones (excluding diaryl/α,β-unsaturated/α-hetero) is 3. The number of carbonyl (C=O) groups is 3. The Bertz CT molecular complexity index is 1130. The van der Waals surface area contributed by atoms with Gasteiger partial charge in [0, 0.05) is 38.3 Å². The van der Waals surface area contributed by atoms with Crippen molar-refractivity contribution >= 4 is 23.2 Å². The van der Waals surface area contributed by atoms with Crippen molar-refractivity contribution in [3.8, 4) is 0 Å². The van der Waals surface area contributed by atoms with Crippen LogP contribution in [0.3, 0.4) is 0 Å². The van der Waals surface area contributed by atoms with Crippen molar-refractivity contribution in [1.82, 2.24) is 9.88 Å². The second-order valence-electron chi connectivity index (χ2n) is 12.5. The van der Waals surface area contributed by atoms with Gasteiger partial charge in [0.15, 0.2) is 0 Å². The molecule has 1 aliphatic heterocycles. The first-order valence-electron chi connectivity index (χ1n) is 14.1. The highest BCUT2D eigenvalue weighted by Crippen LogP contribution is 2.66. The Balaban J connectivity index is 1.13. The maximum absolute atomic E-state index is 13.7. The van der Waals surface area contributed by atoms with Gasteiger partial charge in [-0.1, -0.05) is 18.6 Å². The van der Waals surface area contributed by atoms with E-state index in [2.05, 4.69) is 21.7 Å². The van der Waals surface area contributed by atoms with Gasteiger partial charge in [0.05, 0.1) is 12.0 Å². The summed E-state index contributed by atoms with van der Waals surface area (Å²) in [5, 5.41) is 10.1. The lowest BCUT2D eigenvalue weighted by Gasteiger charge is -2.57. The van der Waals surface area contributed by atoms with Crippen LogP contribution in [-0.2, 0) is 14.4 Å². The Labute approximate surface area is 219 Å². The number of allylic oxidation sites excluding steroid dienone is 1. The number of ketones is 3. The largest absolute Gasteiger partial charge is 0.381 e. The summed E-state index contributed by atoms with van der Waals surface area (Å²) in [4.78, 5) is 48.5. The minimum absolute atomic E-state index is 0.0349. The van der Waals surface area contributed by atoms with Crippen LogP contribution in [-0.4, -0.2) is 71.2 Å². The highest BCUT2D eigenvalue weighted by molar-refractivity contribution is 6.42. The fourth-order valence-electron chi connectivity index (χ4n) is 8.99. The van der Waals surface area contributed by atoms with Gasteiger partial charge in [-0.2, -0.15) is 0 Å². The summed E-state index contributed by atoms with van der Waals surface area (Å²) in [6.45, 7) is 8.31. The Kier molecular flexibility index (Phi) is 6.15. The number of pyridine rings is 1. The summed E-state index contributed by atoms with van der Waals surface area (Å²) < 4.78 is 0. The number of hydrogen-bond acceptors (Lipinski definition) is 7. The monoisotopic (exact) mass is 505 g/mol. The van der Waals surface area contributed by atoms with Crippen molar-refractivity contribution in [3.05, 3.63) is 36.0 Å². The molecule has 1 N–H and O–H groups in total. The molecule has 0 bridgehead atoms. The average molecular weight is 506 g/mol. The van der Waals surface area contributed by atoms with E-state index in [1.54, 1.807) is 6.08 Å². The molecule has 6 rings (SSSR count). The quantitative estimate of drug-likeness (QED) is 0.497. The van der Waals surface area contributed by atoms with Crippen molar-refractivity contribution in [3.63, 3.8) is 0 Å². The summed E-state index contributed by atoms with van der Waals surface area (Å²) in [6.07, 6.45) is 7.71. The first-order chi connectivity index (χ1) is 17.7. The molecule has 0 amide bonds. The lowest BCUT2D eigenvalue weighted by atomic mass is 9.46. The van der Waals surface area contributed by atoms with Crippen LogP contribution in [0.1, 0.15) is 52.4 Å². The van der Waals surface area contributed by atoms with Gasteiger partial charge < -0.3 is 10.0 Å². The molecule has 1 unspecified atom stereocenters. The SMILES string of the molecule is C[C@]12C(=O)C(=O)C(O)C=C1CC[C@@H]1[C@@H]2CC[C@]2(C)[C@@H](C(=O)CN3CCN(c4ccccn4)CC3)CC[C@@H]12. The summed E-state index contributed by atoms with van der Waals surface area (Å²) in [5.41, 5.74) is 0.146. The first-order valence-corrected chi connectivity index (χ1v) is 14.1. The second kappa shape index (κ2) is 9.12. The number of anilines is 1. The number of rotatable bonds is 4. The first kappa shape index (κ1) is 24.9. The molecule has 3 saturated carbocycles. The van der Waals surface area contributed by atoms with Gasteiger partial charge in [-0.25, -0.2) is 4.98 Å². The molecule has 4 aliphatic carbocycles. The predicted octanol–water partition coefficient (Wildman–Crippen LogP) is 3.07. The van der Waals surface area contributed by atoms with E-state index < -0.39 is 23.1 Å². The molecule has 1 aromatic heterocycles. The van der Waals surface area contributed by atoms with Gasteiger partial charge in [0.2, 0.25) is 11.6 Å². The summed E-state index contributed by atoms with van der Waals surface area (Å²) in [5.74, 6) is 1.30. The molecule has 198 valence electrons. The topological polar surface area (TPSA) is 90.8 Å². The number of aromatic nitrogens is 1. The van der Waals surface area contributed by atoms with Crippen molar-refractivity contribution in [2.75, 3.05) is 37.6 Å². The van der Waals surface area contributed by atoms with Crippen molar-refractivity contribution in [2.45, 2.75) is 58.5 Å². The van der Waals surface area contributed by atoms with Crippen LogP contribution < -0.4 is 4.90 Å². The Morgan fingerprint density at radius 1 is 1.05 bits per heavy atom. The molecule has 4 fully saturated rings. The van der Waals surface area contributed by atoms with E-state index in [0.717, 1.165) is 76.1 Å². The molecule has 0 aromatic carbocycles. The molecular weight excluding hydrogens is 466 g/mol. The number of aliphatic hydroxyl groups is 1. The fraction of sp³-hybridized carbons (Fsp3) is 0.667. The van der Waals surface area contributed by atoms with Gasteiger partial charge >= 0.3 is 0 Å². The van der Waals surface area contributed by atoms with Crippen LogP contribution in [0.4, 0.5) is 5.82 Å². The highest BCUT2D eigenvalue weighted by atomic mass is 16.3. The zero-order valence-corrected chi connectivity index (χ0v) is 22.1. The third-order valence-corrected chi connectivity index (χ3v) is 11.0. The fourth-order valence-corrected chi connectivity index (χ4v) is 8.99. The van der Waals surface area contributed by atoms with Crippen LogP contribution in [0.2, 0.25) is 0 Å². The van der Waals surface area contributed by atoms with Crippen LogP contribution in [0.15, 0.2) is 36.0 Å². The third kappa shape index (κ3) is 3.84. The van der Waals surface area contributed by atoms with Gasteiger partial charge in [0.25, 0.3) is 0 Å². The molecule has 7 atom stereocenters. The van der Waals surface area contributed by atoms with E-state index in [1.807, 2.05) is 31.3 Å². The van der Waals surface area contributed by atoms with E-state index in [9.17, 15) is 19.5 Å². The standard InChI is InChI=1S/C30H39N3O4/c1-29-11-10-22-20(7-6-19-17-24(34)27(36)28(37)30(19,22)2)21(29)8-9-23(29)25(35)18-32-13-15-33(16-14-32)26-5-3-4-12-31-26/h3-5,12,17,20-24,34H,6-11,13-16,18H2,1-2H3/t20-,21-,22-,23+,24?,29-,30-/m0/s1. The number of aliphatic hydroxyl groups excluding tert-OH is 1. The maximum Gasteiger partial charge on any atom is 0.231 e. The van der Waals surface area contributed by atoms with E-state index in [4.69, 9.17) is 0 Å². The Hall–Kier alpha value is -2.38. The van der Waals surface area contributed by atoms with Crippen LogP contribution in [0, 0.1) is 34.5 Å². The number of nitrogens with zero attached hydrogens (tertiary/aromatic N) is 3. The zero-order chi connectivity index (χ0) is 25.9. The Morgan fingerprint density at radius 2 is 1.84 bits per heavy atom. The highest BCUT2D eigenvalue weighted by Gasteiger charge is 2.63. The molecular formula is C30H39N3O4. The van der Waals surface area contributed by atoms with Crippen LogP contribution in [0.25, 0.3) is 0 Å². The lowest BCUT2D eigenvalue weighted by molar-refractivity contribution is -0.152. The second-order valence-corrected chi connectivity index (χ2v) is 12.5. The maximum atomic E-state index is 13.7. The van der Waals surface area contributed by atoms with Gasteiger partial charge in [-0.05, 0) is 86.8 Å². The van der Waals surface area contributed by atoms with Crippen molar-refractivity contribution < 1.29 is 19.5 Å². The van der Waals surface area contributed by atoms with E-state index >= 15 is 0 Å².